The van der Waals surface area contributed by atoms with E-state index in [1.807, 2.05) is 24.3 Å². The highest BCUT2D eigenvalue weighted by atomic mass is 19.4. The van der Waals surface area contributed by atoms with E-state index in [-0.39, 0.29) is 12.3 Å². The zero-order valence-corrected chi connectivity index (χ0v) is 18.3. The van der Waals surface area contributed by atoms with Gasteiger partial charge in [-0.05, 0) is 44.4 Å². The van der Waals surface area contributed by atoms with Crippen molar-refractivity contribution in [2.24, 2.45) is 5.73 Å². The first-order valence-corrected chi connectivity index (χ1v) is 11.0. The first-order valence-electron chi connectivity index (χ1n) is 11.0. The lowest BCUT2D eigenvalue weighted by Gasteiger charge is -2.40. The molecule has 178 valence electrons. The van der Waals surface area contributed by atoms with Crippen LogP contribution in [0.2, 0.25) is 0 Å². The minimum Gasteiger partial charge on any atom is -0.443 e. The van der Waals surface area contributed by atoms with E-state index in [2.05, 4.69) is 15.0 Å². The molecule has 0 fully saturated rings. The number of hydrogen-bond donors (Lipinski definition) is 2. The van der Waals surface area contributed by atoms with Crippen LogP contribution in [0.25, 0.3) is 10.9 Å². The number of ether oxygens (including phenoxy) is 1. The number of rotatable bonds is 8. The van der Waals surface area contributed by atoms with E-state index in [9.17, 15) is 17.6 Å². The average molecular weight is 465 g/mol. The zero-order valence-electron chi connectivity index (χ0n) is 18.3. The van der Waals surface area contributed by atoms with Crippen LogP contribution in [0.15, 0.2) is 36.7 Å². The number of benzene rings is 1. The average Bonchev–Trinajstić information content (AvgIpc) is 3.11. The first kappa shape index (κ1) is 23.4. The summed E-state index contributed by atoms with van der Waals surface area (Å²) in [6.45, 7) is 1.14. The number of halogens is 4. The minimum atomic E-state index is -4.39. The Bertz CT molecular complexity index is 1090. The van der Waals surface area contributed by atoms with E-state index in [1.54, 1.807) is 6.92 Å². The van der Waals surface area contributed by atoms with Gasteiger partial charge in [-0.15, -0.1) is 0 Å². The molecule has 0 amide bonds. The van der Waals surface area contributed by atoms with E-state index in [0.717, 1.165) is 16.5 Å². The normalized spacial score (nSPS) is 20.1. The fourth-order valence-corrected chi connectivity index (χ4v) is 4.49. The predicted octanol–water partition coefficient (Wildman–Crippen LogP) is 4.66. The molecule has 2 aromatic heterocycles. The third-order valence-corrected chi connectivity index (χ3v) is 5.96. The van der Waals surface area contributed by atoms with Gasteiger partial charge in [-0.2, -0.15) is 13.2 Å². The Hall–Kier alpha value is -2.72. The second-order valence-electron chi connectivity index (χ2n) is 8.40. The molecule has 6 nitrogen and oxygen atoms in total. The summed E-state index contributed by atoms with van der Waals surface area (Å²) < 4.78 is 60.1. The van der Waals surface area contributed by atoms with Crippen LogP contribution in [0.1, 0.15) is 49.2 Å². The fourth-order valence-electron chi connectivity index (χ4n) is 4.49. The number of aromatic nitrogens is 3. The summed E-state index contributed by atoms with van der Waals surface area (Å²) in [6, 6.07) is 7.85. The molecule has 4 rings (SSSR count). The van der Waals surface area contributed by atoms with E-state index in [1.165, 1.54) is 17.3 Å². The number of fused-ring (bicyclic) bond motifs is 3. The largest absolute Gasteiger partial charge is 0.443 e. The Kier molecular flexibility index (Phi) is 6.85. The van der Waals surface area contributed by atoms with Crippen molar-refractivity contribution in [2.75, 3.05) is 13.1 Å². The van der Waals surface area contributed by atoms with Gasteiger partial charge in [0.2, 0.25) is 12.2 Å². The van der Waals surface area contributed by atoms with Crippen molar-refractivity contribution in [1.29, 1.82) is 0 Å². The maximum atomic E-state index is 14.2. The number of unbranched alkanes of at least 4 members (excludes halogenated alkanes) is 1. The summed E-state index contributed by atoms with van der Waals surface area (Å²) in [4.78, 5) is 12.9. The highest BCUT2D eigenvalue weighted by Crippen LogP contribution is 2.41. The summed E-state index contributed by atoms with van der Waals surface area (Å²) in [7, 11) is 0. The highest BCUT2D eigenvalue weighted by Gasteiger charge is 2.42. The Morgan fingerprint density at radius 3 is 2.79 bits per heavy atom. The first-order chi connectivity index (χ1) is 15.8. The summed E-state index contributed by atoms with van der Waals surface area (Å²) in [5.41, 5.74) is 8.22. The molecular weight excluding hydrogens is 438 g/mol. The second kappa shape index (κ2) is 9.64. The van der Waals surface area contributed by atoms with Gasteiger partial charge in [0.15, 0.2) is 0 Å². The van der Waals surface area contributed by atoms with Crippen LogP contribution in [0.3, 0.4) is 0 Å². The topological polar surface area (TPSA) is 80.1 Å². The molecule has 0 spiro atoms. The van der Waals surface area contributed by atoms with E-state index < -0.39 is 31.2 Å². The number of alkyl halides is 4. The maximum Gasteiger partial charge on any atom is 0.401 e. The van der Waals surface area contributed by atoms with Gasteiger partial charge in [-0.3, -0.25) is 4.90 Å². The Labute approximate surface area is 189 Å². The molecule has 1 unspecified atom stereocenters. The number of nitrogens with zero attached hydrogens (tertiary/aromatic N) is 3. The summed E-state index contributed by atoms with van der Waals surface area (Å²) in [5, 5.41) is 0.977. The molecule has 0 aliphatic carbocycles. The molecular formula is C23H27F4N5O. The summed E-state index contributed by atoms with van der Waals surface area (Å²) in [5.74, 6) is -0.0110. The fraction of sp³-hybridized carbons (Fsp3) is 0.478. The Morgan fingerprint density at radius 1 is 1.24 bits per heavy atom. The SMILES string of the molecule is C[C@@H]1Cc2c([nH]c3ccccc23)[C@@H](c2cc(OC(F)CCCCN)ncn2)N1CC(F)(F)F. The highest BCUT2D eigenvalue weighted by molar-refractivity contribution is 5.85. The summed E-state index contributed by atoms with van der Waals surface area (Å²) >= 11 is 0. The lowest BCUT2D eigenvalue weighted by molar-refractivity contribution is -0.155. The van der Waals surface area contributed by atoms with Gasteiger partial charge in [-0.1, -0.05) is 18.2 Å². The van der Waals surface area contributed by atoms with Crippen molar-refractivity contribution in [3.8, 4) is 5.88 Å². The van der Waals surface area contributed by atoms with Crippen molar-refractivity contribution in [2.45, 2.75) is 57.2 Å². The van der Waals surface area contributed by atoms with Crippen LogP contribution >= 0.6 is 0 Å². The molecule has 0 saturated carbocycles. The summed E-state index contributed by atoms with van der Waals surface area (Å²) in [6.07, 6.45) is -2.92. The smallest absolute Gasteiger partial charge is 0.401 e. The number of nitrogens with one attached hydrogen (secondary N) is 1. The second-order valence-corrected chi connectivity index (χ2v) is 8.40. The number of para-hydroxylation sites is 1. The molecule has 3 atom stereocenters. The lowest BCUT2D eigenvalue weighted by atomic mass is 9.90. The molecule has 1 aliphatic rings. The number of aromatic amines is 1. The van der Waals surface area contributed by atoms with E-state index >= 15 is 0 Å². The quantitative estimate of drug-likeness (QED) is 0.374. The van der Waals surface area contributed by atoms with Gasteiger partial charge < -0.3 is 15.5 Å². The Balaban J connectivity index is 1.71. The van der Waals surface area contributed by atoms with E-state index in [0.29, 0.717) is 37.2 Å². The van der Waals surface area contributed by atoms with Crippen LogP contribution in [0, 0.1) is 0 Å². The third-order valence-electron chi connectivity index (χ3n) is 5.96. The molecule has 33 heavy (non-hydrogen) atoms. The van der Waals surface area contributed by atoms with Crippen molar-refractivity contribution in [3.63, 3.8) is 0 Å². The number of nitrogens with two attached hydrogens (primary N) is 1. The van der Waals surface area contributed by atoms with Crippen molar-refractivity contribution in [3.05, 3.63) is 53.6 Å². The molecule has 0 radical (unpaired) electrons. The maximum absolute atomic E-state index is 14.2. The van der Waals surface area contributed by atoms with Crippen LogP contribution in [0.5, 0.6) is 5.88 Å². The molecule has 3 N–H and O–H groups in total. The molecule has 0 bridgehead atoms. The predicted molar refractivity (Wildman–Crippen MR) is 117 cm³/mol. The van der Waals surface area contributed by atoms with Gasteiger partial charge >= 0.3 is 6.18 Å². The molecule has 0 saturated heterocycles. The van der Waals surface area contributed by atoms with Gasteiger partial charge in [-0.25, -0.2) is 14.4 Å². The van der Waals surface area contributed by atoms with E-state index in [4.69, 9.17) is 10.5 Å². The van der Waals surface area contributed by atoms with Crippen LogP contribution in [0.4, 0.5) is 17.6 Å². The van der Waals surface area contributed by atoms with Crippen molar-refractivity contribution >= 4 is 10.9 Å². The van der Waals surface area contributed by atoms with Crippen LogP contribution < -0.4 is 10.5 Å². The molecule has 3 heterocycles. The zero-order chi connectivity index (χ0) is 23.6. The van der Waals surface area contributed by atoms with Crippen molar-refractivity contribution < 1.29 is 22.3 Å². The number of hydrogen-bond acceptors (Lipinski definition) is 5. The molecule has 10 heteroatoms. The molecule has 3 aromatic rings. The van der Waals surface area contributed by atoms with Crippen LogP contribution in [-0.4, -0.2) is 51.5 Å². The monoisotopic (exact) mass is 465 g/mol. The number of H-pyrrole nitrogens is 1. The van der Waals surface area contributed by atoms with Gasteiger partial charge in [0.25, 0.3) is 0 Å². The molecule has 1 aliphatic heterocycles. The Morgan fingerprint density at radius 2 is 2.03 bits per heavy atom. The lowest BCUT2D eigenvalue weighted by Crippen LogP contribution is -2.47. The van der Waals surface area contributed by atoms with Gasteiger partial charge in [0.1, 0.15) is 6.33 Å². The minimum absolute atomic E-state index is 0.0110. The van der Waals surface area contributed by atoms with Crippen molar-refractivity contribution in [1.82, 2.24) is 19.9 Å². The van der Waals surface area contributed by atoms with Gasteiger partial charge in [0, 0.05) is 35.1 Å². The third kappa shape index (κ3) is 5.27. The standard InChI is InChI=1S/C23H27F4N5O/c1-14-10-16-15-6-2-3-7-17(15)31-21(16)22(32(14)12-23(25,26)27)18-11-20(30-13-29-18)33-19(24)8-4-5-9-28/h2-3,6-7,11,13-14,19,22,31H,4-5,8-10,12,28H2,1H3/t14-,19?,22-/m1/s1. The van der Waals surface area contributed by atoms with Gasteiger partial charge in [0.05, 0.1) is 18.3 Å². The molecule has 1 aromatic carbocycles. The van der Waals surface area contributed by atoms with Crippen LogP contribution in [-0.2, 0) is 6.42 Å².